The molecule has 1 saturated heterocycles. The molecule has 0 radical (unpaired) electrons. The van der Waals surface area contributed by atoms with Crippen molar-refractivity contribution in [2.45, 2.75) is 31.1 Å². The van der Waals surface area contributed by atoms with E-state index in [0.717, 1.165) is 19.3 Å². The van der Waals surface area contributed by atoms with E-state index in [-0.39, 0.29) is 10.6 Å². The number of amides is 1. The number of benzene rings is 1. The molecule has 29 heavy (non-hydrogen) atoms. The van der Waals surface area contributed by atoms with Gasteiger partial charge in [0.1, 0.15) is 0 Å². The van der Waals surface area contributed by atoms with Gasteiger partial charge in [-0.15, -0.1) is 0 Å². The Kier molecular flexibility index (Phi) is 6.55. The number of hydrogen-bond acceptors (Lipinski definition) is 7. The summed E-state index contributed by atoms with van der Waals surface area (Å²) in [6, 6.07) is 5.91. The summed E-state index contributed by atoms with van der Waals surface area (Å²) in [5, 5.41) is 2.56. The third-order valence-corrected chi connectivity index (χ3v) is 6.33. The highest BCUT2D eigenvalue weighted by Gasteiger charge is 2.25. The first-order chi connectivity index (χ1) is 13.9. The summed E-state index contributed by atoms with van der Waals surface area (Å²) in [4.78, 5) is 31.8. The molecule has 0 aliphatic carbocycles. The largest absolute Gasteiger partial charge is 0.451 e. The number of ether oxygens (including phenoxy) is 1. The molecule has 154 valence electrons. The van der Waals surface area contributed by atoms with Crippen LogP contribution in [-0.2, 0) is 19.6 Å². The molecule has 0 bridgehead atoms. The highest BCUT2D eigenvalue weighted by atomic mass is 32.2. The lowest BCUT2D eigenvalue weighted by molar-refractivity contribution is -0.119. The topological polar surface area (TPSA) is 119 Å². The van der Waals surface area contributed by atoms with Crippen LogP contribution in [0.15, 0.2) is 41.6 Å². The Morgan fingerprint density at radius 3 is 2.38 bits per heavy atom. The van der Waals surface area contributed by atoms with E-state index in [2.05, 4.69) is 15.3 Å². The molecule has 2 heterocycles. The van der Waals surface area contributed by atoms with E-state index in [1.165, 1.54) is 41.0 Å². The standard InChI is InChI=1S/C19H22N4O5S/c1-14-11-21-17(12-20-14)19(25)28-13-18(24)22-15-5-7-16(8-6-15)29(26,27)23-9-3-2-4-10-23/h5-8,11-12H,2-4,9-10,13H2,1H3,(H,22,24). The smallest absolute Gasteiger partial charge is 0.359 e. The van der Waals surface area contributed by atoms with Crippen LogP contribution in [0.3, 0.4) is 0 Å². The number of carbonyl (C=O) groups is 2. The molecule has 1 aromatic carbocycles. The van der Waals surface area contributed by atoms with Crippen molar-refractivity contribution in [3.8, 4) is 0 Å². The minimum Gasteiger partial charge on any atom is -0.451 e. The number of nitrogens with one attached hydrogen (secondary N) is 1. The fraction of sp³-hybridized carbons (Fsp3) is 0.368. The highest BCUT2D eigenvalue weighted by molar-refractivity contribution is 7.89. The minimum absolute atomic E-state index is 0.00988. The number of piperidine rings is 1. The monoisotopic (exact) mass is 418 g/mol. The van der Waals surface area contributed by atoms with Crippen molar-refractivity contribution < 1.29 is 22.7 Å². The zero-order valence-electron chi connectivity index (χ0n) is 16.0. The maximum Gasteiger partial charge on any atom is 0.359 e. The van der Waals surface area contributed by atoms with E-state index in [4.69, 9.17) is 4.74 Å². The third kappa shape index (κ3) is 5.36. The minimum atomic E-state index is -3.52. The lowest BCUT2D eigenvalue weighted by atomic mass is 10.2. The number of sulfonamides is 1. The van der Waals surface area contributed by atoms with E-state index in [0.29, 0.717) is 24.5 Å². The van der Waals surface area contributed by atoms with Crippen molar-refractivity contribution in [3.05, 3.63) is 48.0 Å². The Bertz CT molecular complexity index is 969. The Balaban J connectivity index is 1.54. The fourth-order valence-electron chi connectivity index (χ4n) is 2.86. The van der Waals surface area contributed by atoms with Crippen molar-refractivity contribution in [2.75, 3.05) is 25.0 Å². The van der Waals surface area contributed by atoms with Crippen LogP contribution in [-0.4, -0.2) is 54.3 Å². The number of hydrogen-bond donors (Lipinski definition) is 1. The van der Waals surface area contributed by atoms with Crippen LogP contribution in [0, 0.1) is 6.92 Å². The van der Waals surface area contributed by atoms with Gasteiger partial charge >= 0.3 is 5.97 Å². The van der Waals surface area contributed by atoms with Crippen LogP contribution >= 0.6 is 0 Å². The summed E-state index contributed by atoms with van der Waals surface area (Å²) in [5.74, 6) is -1.30. The molecule has 2 aromatic rings. The summed E-state index contributed by atoms with van der Waals surface area (Å²) in [5.41, 5.74) is 1.07. The predicted octanol–water partition coefficient (Wildman–Crippen LogP) is 1.76. The third-order valence-electron chi connectivity index (χ3n) is 4.42. The van der Waals surface area contributed by atoms with Gasteiger partial charge in [-0.25, -0.2) is 18.2 Å². The maximum absolute atomic E-state index is 12.6. The molecule has 1 N–H and O–H groups in total. The first kappa shape index (κ1) is 20.9. The highest BCUT2D eigenvalue weighted by Crippen LogP contribution is 2.22. The van der Waals surface area contributed by atoms with Gasteiger partial charge in [0.15, 0.2) is 12.3 Å². The molecular weight excluding hydrogens is 396 g/mol. The van der Waals surface area contributed by atoms with Gasteiger partial charge < -0.3 is 10.1 Å². The number of aryl methyl sites for hydroxylation is 1. The van der Waals surface area contributed by atoms with Crippen molar-refractivity contribution in [1.82, 2.24) is 14.3 Å². The lowest BCUT2D eigenvalue weighted by Crippen LogP contribution is -2.35. The van der Waals surface area contributed by atoms with Gasteiger partial charge in [0.25, 0.3) is 5.91 Å². The Morgan fingerprint density at radius 1 is 1.07 bits per heavy atom. The number of carbonyl (C=O) groups excluding carboxylic acids is 2. The molecule has 0 unspecified atom stereocenters. The van der Waals surface area contributed by atoms with E-state index in [1.807, 2.05) is 0 Å². The van der Waals surface area contributed by atoms with Gasteiger partial charge in [-0.1, -0.05) is 6.42 Å². The van der Waals surface area contributed by atoms with Crippen molar-refractivity contribution >= 4 is 27.6 Å². The molecule has 1 aliphatic heterocycles. The molecule has 1 aliphatic rings. The van der Waals surface area contributed by atoms with Gasteiger partial charge in [0.05, 0.1) is 16.8 Å². The molecule has 1 fully saturated rings. The zero-order valence-corrected chi connectivity index (χ0v) is 16.8. The molecular formula is C19H22N4O5S. The van der Waals surface area contributed by atoms with Gasteiger partial charge in [-0.2, -0.15) is 4.31 Å². The van der Waals surface area contributed by atoms with E-state index < -0.39 is 28.5 Å². The first-order valence-electron chi connectivity index (χ1n) is 9.22. The number of anilines is 1. The number of esters is 1. The van der Waals surface area contributed by atoms with Crippen molar-refractivity contribution in [3.63, 3.8) is 0 Å². The van der Waals surface area contributed by atoms with Crippen LogP contribution in [0.25, 0.3) is 0 Å². The number of aromatic nitrogens is 2. The molecule has 1 aromatic heterocycles. The van der Waals surface area contributed by atoms with Crippen LogP contribution in [0.2, 0.25) is 0 Å². The van der Waals surface area contributed by atoms with Crippen molar-refractivity contribution in [2.24, 2.45) is 0 Å². The normalized spacial score (nSPS) is 14.9. The summed E-state index contributed by atoms with van der Waals surface area (Å²) in [7, 11) is -3.52. The second kappa shape index (κ2) is 9.10. The Labute approximate surface area is 169 Å². The summed E-state index contributed by atoms with van der Waals surface area (Å²) < 4.78 is 31.6. The quantitative estimate of drug-likeness (QED) is 0.710. The van der Waals surface area contributed by atoms with Gasteiger partial charge in [0, 0.05) is 25.0 Å². The molecule has 10 heteroatoms. The van der Waals surface area contributed by atoms with Crippen LogP contribution in [0.5, 0.6) is 0 Å². The van der Waals surface area contributed by atoms with Crippen LogP contribution in [0.4, 0.5) is 5.69 Å². The maximum atomic E-state index is 12.6. The summed E-state index contributed by atoms with van der Waals surface area (Å²) in [6.07, 6.45) is 5.46. The molecule has 3 rings (SSSR count). The molecule has 9 nitrogen and oxygen atoms in total. The van der Waals surface area contributed by atoms with Gasteiger partial charge in [-0.3, -0.25) is 9.78 Å². The van der Waals surface area contributed by atoms with Crippen molar-refractivity contribution in [1.29, 1.82) is 0 Å². The Morgan fingerprint density at radius 2 is 1.76 bits per heavy atom. The first-order valence-corrected chi connectivity index (χ1v) is 10.7. The molecule has 0 atom stereocenters. The molecule has 0 saturated carbocycles. The second-order valence-corrected chi connectivity index (χ2v) is 8.59. The van der Waals surface area contributed by atoms with Gasteiger partial charge in [0.2, 0.25) is 10.0 Å². The van der Waals surface area contributed by atoms with E-state index >= 15 is 0 Å². The summed E-state index contributed by atoms with van der Waals surface area (Å²) >= 11 is 0. The number of rotatable bonds is 6. The van der Waals surface area contributed by atoms with E-state index in [9.17, 15) is 18.0 Å². The molecule has 1 amide bonds. The Hall–Kier alpha value is -2.85. The zero-order chi connectivity index (χ0) is 20.9. The number of nitrogens with zero attached hydrogens (tertiary/aromatic N) is 3. The average molecular weight is 418 g/mol. The molecule has 0 spiro atoms. The second-order valence-electron chi connectivity index (χ2n) is 6.66. The fourth-order valence-corrected chi connectivity index (χ4v) is 4.38. The average Bonchev–Trinajstić information content (AvgIpc) is 2.73. The SMILES string of the molecule is Cc1cnc(C(=O)OCC(=O)Nc2ccc(S(=O)(=O)N3CCCCC3)cc2)cn1. The van der Waals surface area contributed by atoms with Crippen LogP contribution in [0.1, 0.15) is 35.4 Å². The van der Waals surface area contributed by atoms with Crippen LogP contribution < -0.4 is 5.32 Å². The predicted molar refractivity (Wildman–Crippen MR) is 105 cm³/mol. The van der Waals surface area contributed by atoms with Gasteiger partial charge in [-0.05, 0) is 44.0 Å². The lowest BCUT2D eigenvalue weighted by Gasteiger charge is -2.25. The van der Waals surface area contributed by atoms with E-state index in [1.54, 1.807) is 6.92 Å². The summed E-state index contributed by atoms with van der Waals surface area (Å²) in [6.45, 7) is 2.29.